The van der Waals surface area contributed by atoms with Crippen LogP contribution in [0.3, 0.4) is 0 Å². The maximum absolute atomic E-state index is 12.2. The van der Waals surface area contributed by atoms with Crippen LogP contribution < -0.4 is 4.72 Å². The molecule has 0 fully saturated rings. The van der Waals surface area contributed by atoms with Gasteiger partial charge in [0.05, 0.1) is 10.9 Å². The highest BCUT2D eigenvalue weighted by atomic mass is 32.2. The third-order valence-corrected chi connectivity index (χ3v) is 6.13. The molecule has 0 radical (unpaired) electrons. The summed E-state index contributed by atoms with van der Waals surface area (Å²) in [5.41, 5.74) is 0. The summed E-state index contributed by atoms with van der Waals surface area (Å²) < 4.78 is 26.6. The molecule has 5 nitrogen and oxygen atoms in total. The summed E-state index contributed by atoms with van der Waals surface area (Å²) in [7, 11) is -1.83. The summed E-state index contributed by atoms with van der Waals surface area (Å²) in [6, 6.07) is 12.0. The topological polar surface area (TPSA) is 66.5 Å². The lowest BCUT2D eigenvalue weighted by molar-refractivity contribution is -0.131. The molecule has 0 bridgehead atoms. The van der Waals surface area contributed by atoms with Gasteiger partial charge in [-0.25, -0.2) is 13.1 Å². The molecule has 1 unspecified atom stereocenters. The van der Waals surface area contributed by atoms with Crippen molar-refractivity contribution in [1.82, 2.24) is 9.62 Å². The fourth-order valence-electron chi connectivity index (χ4n) is 2.09. The van der Waals surface area contributed by atoms with Gasteiger partial charge in [0.2, 0.25) is 15.9 Å². The quantitative estimate of drug-likeness (QED) is 0.833. The van der Waals surface area contributed by atoms with Crippen LogP contribution in [0, 0.1) is 0 Å². The minimum atomic E-state index is -3.56. The Kier molecular flexibility index (Phi) is 5.92. The molecule has 2 aromatic rings. The second kappa shape index (κ2) is 7.72. The standard InChI is InChI=1S/C16H20N2O3S2/c1-13(15-9-6-12-22-15)18(2)16(19)10-11-17-23(20,21)14-7-4-3-5-8-14/h3-9,12-13,17H,10-11H2,1-2H3. The van der Waals surface area contributed by atoms with E-state index in [-0.39, 0.29) is 29.8 Å². The van der Waals surface area contributed by atoms with Crippen molar-refractivity contribution in [2.75, 3.05) is 13.6 Å². The van der Waals surface area contributed by atoms with Crippen molar-refractivity contribution in [2.24, 2.45) is 0 Å². The van der Waals surface area contributed by atoms with Crippen LogP contribution in [0.25, 0.3) is 0 Å². The average Bonchev–Trinajstić information content (AvgIpc) is 3.08. The highest BCUT2D eigenvalue weighted by Crippen LogP contribution is 2.23. The summed E-state index contributed by atoms with van der Waals surface area (Å²) in [5, 5.41) is 1.97. The molecule has 0 saturated carbocycles. The lowest BCUT2D eigenvalue weighted by Gasteiger charge is -2.24. The Balaban J connectivity index is 1.87. The van der Waals surface area contributed by atoms with E-state index in [4.69, 9.17) is 0 Å². The van der Waals surface area contributed by atoms with Gasteiger partial charge in [0, 0.05) is 24.9 Å². The first-order chi connectivity index (χ1) is 10.9. The minimum absolute atomic E-state index is 0.0202. The molecule has 1 amide bonds. The molecule has 0 aliphatic heterocycles. The molecule has 0 aliphatic rings. The maximum Gasteiger partial charge on any atom is 0.240 e. The van der Waals surface area contributed by atoms with Gasteiger partial charge >= 0.3 is 0 Å². The molecule has 0 aliphatic carbocycles. The molecule has 23 heavy (non-hydrogen) atoms. The van der Waals surface area contributed by atoms with E-state index in [1.54, 1.807) is 41.5 Å². The van der Waals surface area contributed by atoms with E-state index in [9.17, 15) is 13.2 Å². The predicted octanol–water partition coefficient (Wildman–Crippen LogP) is 2.64. The number of carbonyl (C=O) groups excluding carboxylic acids is 1. The zero-order chi connectivity index (χ0) is 16.9. The third kappa shape index (κ3) is 4.63. The van der Waals surface area contributed by atoms with Gasteiger partial charge in [-0.3, -0.25) is 4.79 Å². The molecule has 0 spiro atoms. The number of hydrogen-bond acceptors (Lipinski definition) is 4. The van der Waals surface area contributed by atoms with E-state index in [1.165, 1.54) is 12.1 Å². The van der Waals surface area contributed by atoms with Gasteiger partial charge in [-0.2, -0.15) is 0 Å². The molecule has 1 heterocycles. The molecule has 1 aromatic carbocycles. The summed E-state index contributed by atoms with van der Waals surface area (Å²) in [4.78, 5) is 15.1. The van der Waals surface area contributed by atoms with Crippen molar-refractivity contribution in [1.29, 1.82) is 0 Å². The summed E-state index contributed by atoms with van der Waals surface area (Å²) in [6.45, 7) is 2.04. The molecule has 1 N–H and O–H groups in total. The molecule has 7 heteroatoms. The number of thiophene rings is 1. The second-order valence-electron chi connectivity index (χ2n) is 5.16. The Labute approximate surface area is 141 Å². The Bertz CT molecular complexity index is 728. The first kappa shape index (κ1) is 17.7. The van der Waals surface area contributed by atoms with Crippen LogP contribution in [0.15, 0.2) is 52.7 Å². The molecule has 2 rings (SSSR count). The van der Waals surface area contributed by atoms with Gasteiger partial charge in [-0.1, -0.05) is 24.3 Å². The van der Waals surface area contributed by atoms with Crippen LogP contribution in [-0.2, 0) is 14.8 Å². The lowest BCUT2D eigenvalue weighted by atomic mass is 10.2. The van der Waals surface area contributed by atoms with E-state index in [0.29, 0.717) is 0 Å². The number of nitrogens with zero attached hydrogens (tertiary/aromatic N) is 1. The summed E-state index contributed by atoms with van der Waals surface area (Å²) in [5.74, 6) is -0.0957. The second-order valence-corrected chi connectivity index (χ2v) is 7.90. The average molecular weight is 352 g/mol. The van der Waals surface area contributed by atoms with Gasteiger partial charge < -0.3 is 4.90 Å². The fraction of sp³-hybridized carbons (Fsp3) is 0.312. The SMILES string of the molecule is CC(c1cccs1)N(C)C(=O)CCNS(=O)(=O)c1ccccc1. The van der Waals surface area contributed by atoms with Crippen LogP contribution in [0.2, 0.25) is 0 Å². The van der Waals surface area contributed by atoms with Gasteiger partial charge in [0.1, 0.15) is 0 Å². The van der Waals surface area contributed by atoms with Crippen molar-refractivity contribution in [3.63, 3.8) is 0 Å². The first-order valence-electron chi connectivity index (χ1n) is 7.25. The highest BCUT2D eigenvalue weighted by molar-refractivity contribution is 7.89. The predicted molar refractivity (Wildman–Crippen MR) is 91.8 cm³/mol. The van der Waals surface area contributed by atoms with Crippen molar-refractivity contribution >= 4 is 27.3 Å². The van der Waals surface area contributed by atoms with Crippen molar-refractivity contribution < 1.29 is 13.2 Å². The number of amides is 1. The van der Waals surface area contributed by atoms with Crippen LogP contribution >= 0.6 is 11.3 Å². The number of hydrogen-bond donors (Lipinski definition) is 1. The van der Waals surface area contributed by atoms with E-state index in [2.05, 4.69) is 4.72 Å². The molecule has 1 aromatic heterocycles. The zero-order valence-corrected chi connectivity index (χ0v) is 14.7. The van der Waals surface area contributed by atoms with Crippen LogP contribution in [0.5, 0.6) is 0 Å². The Morgan fingerprint density at radius 1 is 1.22 bits per heavy atom. The highest BCUT2D eigenvalue weighted by Gasteiger charge is 2.19. The fourth-order valence-corrected chi connectivity index (χ4v) is 3.97. The number of carbonyl (C=O) groups is 1. The van der Waals surface area contributed by atoms with Crippen LogP contribution in [0.4, 0.5) is 0 Å². The van der Waals surface area contributed by atoms with E-state index < -0.39 is 10.0 Å². The summed E-state index contributed by atoms with van der Waals surface area (Å²) in [6.07, 6.45) is 0.123. The number of rotatable bonds is 7. The third-order valence-electron chi connectivity index (χ3n) is 3.61. The molecular formula is C16H20N2O3S2. The monoisotopic (exact) mass is 352 g/mol. The molecular weight excluding hydrogens is 332 g/mol. The van der Waals surface area contributed by atoms with Gasteiger partial charge in [-0.15, -0.1) is 11.3 Å². The van der Waals surface area contributed by atoms with Crippen molar-refractivity contribution in [2.45, 2.75) is 24.3 Å². The molecule has 0 saturated heterocycles. The minimum Gasteiger partial charge on any atom is -0.338 e. The molecule has 1 atom stereocenters. The van der Waals surface area contributed by atoms with Crippen LogP contribution in [-0.4, -0.2) is 32.8 Å². The molecule has 124 valence electrons. The number of sulfonamides is 1. The largest absolute Gasteiger partial charge is 0.338 e. The first-order valence-corrected chi connectivity index (χ1v) is 9.62. The lowest BCUT2D eigenvalue weighted by Crippen LogP contribution is -2.33. The Morgan fingerprint density at radius 2 is 1.91 bits per heavy atom. The van der Waals surface area contributed by atoms with Gasteiger partial charge in [0.25, 0.3) is 0 Å². The van der Waals surface area contributed by atoms with E-state index in [0.717, 1.165) is 4.88 Å². The van der Waals surface area contributed by atoms with E-state index in [1.807, 2.05) is 24.4 Å². The Hall–Kier alpha value is -1.70. The smallest absolute Gasteiger partial charge is 0.240 e. The van der Waals surface area contributed by atoms with Crippen LogP contribution in [0.1, 0.15) is 24.3 Å². The maximum atomic E-state index is 12.2. The van der Waals surface area contributed by atoms with Gasteiger partial charge in [-0.05, 0) is 30.5 Å². The normalized spacial score (nSPS) is 12.8. The van der Waals surface area contributed by atoms with Crippen molar-refractivity contribution in [3.05, 3.63) is 52.7 Å². The number of nitrogens with one attached hydrogen (secondary N) is 1. The van der Waals surface area contributed by atoms with Gasteiger partial charge in [0.15, 0.2) is 0 Å². The Morgan fingerprint density at radius 3 is 2.52 bits per heavy atom. The number of benzene rings is 1. The van der Waals surface area contributed by atoms with Crippen molar-refractivity contribution in [3.8, 4) is 0 Å². The summed E-state index contributed by atoms with van der Waals surface area (Å²) >= 11 is 1.60. The zero-order valence-electron chi connectivity index (χ0n) is 13.1. The van der Waals surface area contributed by atoms with E-state index >= 15 is 0 Å².